The van der Waals surface area contributed by atoms with E-state index in [0.29, 0.717) is 0 Å². The van der Waals surface area contributed by atoms with Crippen LogP contribution in [0.3, 0.4) is 0 Å². The molecule has 0 saturated carbocycles. The average molecular weight is 218 g/mol. The Labute approximate surface area is 91.4 Å². The molecule has 0 saturated heterocycles. The number of unbranched alkanes of at least 4 members (excludes halogenated alkanes) is 1. The fourth-order valence-corrected chi connectivity index (χ4v) is 1.65. The fourth-order valence-electron chi connectivity index (χ4n) is 1.16. The first-order valence-electron chi connectivity index (χ1n) is 5.13. The Kier molecular flexibility index (Phi) is 7.99. The molecule has 1 amide bonds. The van der Waals surface area contributed by atoms with Crippen molar-refractivity contribution in [3.63, 3.8) is 0 Å². The van der Waals surface area contributed by atoms with E-state index in [2.05, 4.69) is 6.92 Å². The summed E-state index contributed by atoms with van der Waals surface area (Å²) in [6, 6.07) is -0.315. The summed E-state index contributed by atoms with van der Waals surface area (Å²) in [5.41, 5.74) is 5.77. The van der Waals surface area contributed by atoms with Gasteiger partial charge >= 0.3 is 0 Å². The topological polar surface area (TPSA) is 46.3 Å². The van der Waals surface area contributed by atoms with Gasteiger partial charge in [-0.15, -0.1) is 0 Å². The number of nitrogens with two attached hydrogens (primary N) is 1. The van der Waals surface area contributed by atoms with Crippen molar-refractivity contribution in [2.24, 2.45) is 5.73 Å². The minimum Gasteiger partial charge on any atom is -0.344 e. The molecule has 0 aliphatic heterocycles. The number of carbonyl (C=O) groups excluding carboxylic acids is 1. The van der Waals surface area contributed by atoms with Crippen LogP contribution in [0.5, 0.6) is 0 Å². The lowest BCUT2D eigenvalue weighted by atomic mass is 10.2. The molecule has 2 N–H and O–H groups in total. The number of hydrogen-bond acceptors (Lipinski definition) is 3. The average Bonchev–Trinajstić information content (AvgIpc) is 2.21. The number of rotatable bonds is 7. The molecule has 1 atom stereocenters. The molecule has 0 fully saturated rings. The van der Waals surface area contributed by atoms with Crippen LogP contribution in [0.1, 0.15) is 26.2 Å². The van der Waals surface area contributed by atoms with Crippen molar-refractivity contribution in [2.45, 2.75) is 32.2 Å². The molecule has 4 heteroatoms. The van der Waals surface area contributed by atoms with Crippen LogP contribution in [-0.2, 0) is 4.79 Å². The summed E-state index contributed by atoms with van der Waals surface area (Å²) >= 11 is 1.73. The van der Waals surface area contributed by atoms with E-state index in [4.69, 9.17) is 5.73 Å². The Balaban J connectivity index is 3.78. The molecule has 0 heterocycles. The Morgan fingerprint density at radius 3 is 2.71 bits per heavy atom. The molecule has 0 radical (unpaired) electrons. The van der Waals surface area contributed by atoms with Gasteiger partial charge < -0.3 is 10.6 Å². The Bertz CT molecular complexity index is 148. The first-order chi connectivity index (χ1) is 6.63. The first kappa shape index (κ1) is 13.8. The second-order valence-corrected chi connectivity index (χ2v) is 4.49. The zero-order chi connectivity index (χ0) is 11.0. The lowest BCUT2D eigenvalue weighted by molar-refractivity contribution is -0.131. The summed E-state index contributed by atoms with van der Waals surface area (Å²) in [6.07, 6.45) is 4.96. The summed E-state index contributed by atoms with van der Waals surface area (Å²) in [6.45, 7) is 2.94. The molecule has 14 heavy (non-hydrogen) atoms. The Hall–Kier alpha value is -0.220. The van der Waals surface area contributed by atoms with Crippen LogP contribution in [0.25, 0.3) is 0 Å². The summed E-state index contributed by atoms with van der Waals surface area (Å²) < 4.78 is 0. The lowest BCUT2D eigenvalue weighted by Crippen LogP contribution is -2.42. The standard InChI is InChI=1S/C10H22N2OS/c1-4-5-7-12(2)10(13)9(11)6-8-14-3/h9H,4-8,11H2,1-3H3/t9-/m1/s1. The second kappa shape index (κ2) is 8.12. The maximum atomic E-state index is 11.6. The van der Waals surface area contributed by atoms with Gasteiger partial charge in [0.05, 0.1) is 6.04 Å². The SMILES string of the molecule is CCCCN(C)C(=O)[C@H](N)CCSC. The van der Waals surface area contributed by atoms with E-state index in [-0.39, 0.29) is 11.9 Å². The van der Waals surface area contributed by atoms with Crippen LogP contribution in [0.15, 0.2) is 0 Å². The molecular formula is C10H22N2OS. The van der Waals surface area contributed by atoms with E-state index in [9.17, 15) is 4.79 Å². The van der Waals surface area contributed by atoms with Crippen LogP contribution < -0.4 is 5.73 Å². The molecule has 0 unspecified atom stereocenters. The zero-order valence-electron chi connectivity index (χ0n) is 9.45. The molecule has 0 spiro atoms. The van der Waals surface area contributed by atoms with Crippen LogP contribution in [0.4, 0.5) is 0 Å². The normalized spacial score (nSPS) is 12.6. The predicted molar refractivity (Wildman–Crippen MR) is 63.5 cm³/mol. The first-order valence-corrected chi connectivity index (χ1v) is 6.52. The molecule has 0 aromatic carbocycles. The largest absolute Gasteiger partial charge is 0.344 e. The van der Waals surface area contributed by atoms with Crippen LogP contribution in [0, 0.1) is 0 Å². The minimum absolute atomic E-state index is 0.0764. The highest BCUT2D eigenvalue weighted by atomic mass is 32.2. The number of amides is 1. The summed E-state index contributed by atoms with van der Waals surface area (Å²) in [5, 5.41) is 0. The highest BCUT2D eigenvalue weighted by Gasteiger charge is 2.16. The van der Waals surface area contributed by atoms with Crippen LogP contribution in [0.2, 0.25) is 0 Å². The van der Waals surface area contributed by atoms with Gasteiger partial charge in [-0.25, -0.2) is 0 Å². The molecule has 84 valence electrons. The van der Waals surface area contributed by atoms with Crippen molar-refractivity contribution in [3.8, 4) is 0 Å². The third-order valence-electron chi connectivity index (χ3n) is 2.17. The molecule has 0 bridgehead atoms. The van der Waals surface area contributed by atoms with Crippen molar-refractivity contribution >= 4 is 17.7 Å². The van der Waals surface area contributed by atoms with Crippen LogP contribution in [-0.4, -0.2) is 42.4 Å². The minimum atomic E-state index is -0.315. The van der Waals surface area contributed by atoms with Crippen molar-refractivity contribution in [2.75, 3.05) is 25.6 Å². The summed E-state index contributed by atoms with van der Waals surface area (Å²) in [5.74, 6) is 1.03. The lowest BCUT2D eigenvalue weighted by Gasteiger charge is -2.20. The number of carbonyl (C=O) groups is 1. The number of thioether (sulfide) groups is 1. The van der Waals surface area contributed by atoms with Crippen molar-refractivity contribution in [3.05, 3.63) is 0 Å². The third kappa shape index (κ3) is 5.50. The van der Waals surface area contributed by atoms with E-state index in [1.54, 1.807) is 16.7 Å². The molecule has 0 aromatic rings. The van der Waals surface area contributed by atoms with Gasteiger partial charge in [-0.05, 0) is 24.9 Å². The van der Waals surface area contributed by atoms with Gasteiger partial charge in [0.2, 0.25) is 5.91 Å². The van der Waals surface area contributed by atoms with Crippen molar-refractivity contribution in [1.29, 1.82) is 0 Å². The Morgan fingerprint density at radius 1 is 1.57 bits per heavy atom. The van der Waals surface area contributed by atoms with E-state index in [1.807, 2.05) is 13.3 Å². The highest BCUT2D eigenvalue weighted by molar-refractivity contribution is 7.98. The van der Waals surface area contributed by atoms with Gasteiger partial charge in [0.1, 0.15) is 0 Å². The van der Waals surface area contributed by atoms with Gasteiger partial charge in [-0.3, -0.25) is 4.79 Å². The maximum absolute atomic E-state index is 11.6. The quantitative estimate of drug-likeness (QED) is 0.701. The van der Waals surface area contributed by atoms with E-state index < -0.39 is 0 Å². The van der Waals surface area contributed by atoms with Gasteiger partial charge in [0.25, 0.3) is 0 Å². The van der Waals surface area contributed by atoms with Gasteiger partial charge in [-0.2, -0.15) is 11.8 Å². The molecule has 0 rings (SSSR count). The fraction of sp³-hybridized carbons (Fsp3) is 0.900. The number of likely N-dealkylation sites (N-methyl/N-ethyl adjacent to an activating group) is 1. The molecular weight excluding hydrogens is 196 g/mol. The van der Waals surface area contributed by atoms with E-state index in [1.165, 1.54) is 0 Å². The molecule has 0 aromatic heterocycles. The number of hydrogen-bond donors (Lipinski definition) is 1. The number of nitrogens with zero attached hydrogens (tertiary/aromatic N) is 1. The Morgan fingerprint density at radius 2 is 2.21 bits per heavy atom. The van der Waals surface area contributed by atoms with Crippen molar-refractivity contribution in [1.82, 2.24) is 4.90 Å². The van der Waals surface area contributed by atoms with Gasteiger partial charge in [0, 0.05) is 13.6 Å². The second-order valence-electron chi connectivity index (χ2n) is 3.50. The molecule has 3 nitrogen and oxygen atoms in total. The van der Waals surface area contributed by atoms with Gasteiger partial charge in [-0.1, -0.05) is 13.3 Å². The maximum Gasteiger partial charge on any atom is 0.239 e. The van der Waals surface area contributed by atoms with E-state index in [0.717, 1.165) is 31.6 Å². The summed E-state index contributed by atoms with van der Waals surface area (Å²) in [4.78, 5) is 13.4. The molecule has 0 aliphatic carbocycles. The third-order valence-corrected chi connectivity index (χ3v) is 2.82. The van der Waals surface area contributed by atoms with Crippen molar-refractivity contribution < 1.29 is 4.79 Å². The molecule has 0 aliphatic rings. The zero-order valence-corrected chi connectivity index (χ0v) is 10.3. The predicted octanol–water partition coefficient (Wildman–Crippen LogP) is 1.33. The van der Waals surface area contributed by atoms with Crippen LogP contribution >= 0.6 is 11.8 Å². The summed E-state index contributed by atoms with van der Waals surface area (Å²) in [7, 11) is 1.83. The van der Waals surface area contributed by atoms with E-state index >= 15 is 0 Å². The highest BCUT2D eigenvalue weighted by Crippen LogP contribution is 2.02. The van der Waals surface area contributed by atoms with Gasteiger partial charge in [0.15, 0.2) is 0 Å². The smallest absolute Gasteiger partial charge is 0.239 e. The monoisotopic (exact) mass is 218 g/mol.